The summed E-state index contributed by atoms with van der Waals surface area (Å²) < 4.78 is 0. The van der Waals surface area contributed by atoms with Crippen LogP contribution in [0, 0.1) is 0 Å². The molecule has 3 aliphatic rings. The number of carbonyl (C=O) groups excluding carboxylic acids is 2. The van der Waals surface area contributed by atoms with Crippen LogP contribution in [0.5, 0.6) is 0 Å². The van der Waals surface area contributed by atoms with Gasteiger partial charge in [-0.1, -0.05) is 0 Å². The van der Waals surface area contributed by atoms with E-state index in [0.29, 0.717) is 37.3 Å². The standard InChI is InChI=1S/C19H29N5O2/c1-14-4-2-3-7-24(14)18(25)13-22-8-10-23(11-9-22)19(26)17-12-16(20-21-17)15-5-6-15/h12,14-15H,2-11,13H2,1H3,(H,20,21)/t14-/m1/s1. The average Bonchev–Trinajstić information content (AvgIpc) is 3.39. The van der Waals surface area contributed by atoms with Gasteiger partial charge in [0, 0.05) is 50.4 Å². The molecule has 1 aromatic rings. The molecule has 1 aliphatic carbocycles. The second-order valence-electron chi connectivity index (χ2n) is 7.98. The molecule has 7 heteroatoms. The molecule has 1 atom stereocenters. The molecular formula is C19H29N5O2. The molecule has 2 saturated heterocycles. The molecule has 3 heterocycles. The van der Waals surface area contributed by atoms with E-state index in [4.69, 9.17) is 0 Å². The minimum absolute atomic E-state index is 0.00350. The number of H-pyrrole nitrogens is 1. The van der Waals surface area contributed by atoms with Crippen molar-refractivity contribution in [1.29, 1.82) is 0 Å². The highest BCUT2D eigenvalue weighted by molar-refractivity contribution is 5.92. The van der Waals surface area contributed by atoms with E-state index in [1.54, 1.807) is 0 Å². The molecule has 26 heavy (non-hydrogen) atoms. The van der Waals surface area contributed by atoms with Crippen LogP contribution in [0.2, 0.25) is 0 Å². The second kappa shape index (κ2) is 7.39. The van der Waals surface area contributed by atoms with Gasteiger partial charge in [-0.05, 0) is 45.1 Å². The molecule has 1 saturated carbocycles. The van der Waals surface area contributed by atoms with E-state index >= 15 is 0 Å². The number of nitrogens with one attached hydrogen (secondary N) is 1. The van der Waals surface area contributed by atoms with Crippen LogP contribution < -0.4 is 0 Å². The van der Waals surface area contributed by atoms with Crippen LogP contribution in [0.25, 0.3) is 0 Å². The third kappa shape index (κ3) is 3.77. The van der Waals surface area contributed by atoms with Gasteiger partial charge in [-0.25, -0.2) is 0 Å². The van der Waals surface area contributed by atoms with E-state index in [2.05, 4.69) is 22.0 Å². The number of nitrogens with zero attached hydrogens (tertiary/aromatic N) is 4. The lowest BCUT2D eigenvalue weighted by molar-refractivity contribution is -0.136. The number of amides is 2. The van der Waals surface area contributed by atoms with Gasteiger partial charge in [0.1, 0.15) is 5.69 Å². The van der Waals surface area contributed by atoms with E-state index in [-0.39, 0.29) is 11.8 Å². The Balaban J connectivity index is 1.26. The van der Waals surface area contributed by atoms with Crippen molar-refractivity contribution < 1.29 is 9.59 Å². The first-order chi connectivity index (χ1) is 12.6. The number of aromatic nitrogens is 2. The maximum atomic E-state index is 12.6. The molecule has 4 rings (SSSR count). The third-order valence-electron chi connectivity index (χ3n) is 5.98. The molecule has 0 bridgehead atoms. The Labute approximate surface area is 154 Å². The molecule has 0 aromatic carbocycles. The van der Waals surface area contributed by atoms with Crippen molar-refractivity contribution in [2.75, 3.05) is 39.3 Å². The summed E-state index contributed by atoms with van der Waals surface area (Å²) in [7, 11) is 0. The third-order valence-corrected chi connectivity index (χ3v) is 5.98. The molecule has 2 aliphatic heterocycles. The van der Waals surface area contributed by atoms with E-state index in [9.17, 15) is 9.59 Å². The van der Waals surface area contributed by atoms with Gasteiger partial charge in [0.2, 0.25) is 5.91 Å². The number of rotatable bonds is 4. The van der Waals surface area contributed by atoms with Gasteiger partial charge in [0.15, 0.2) is 0 Å². The van der Waals surface area contributed by atoms with Crippen molar-refractivity contribution in [3.63, 3.8) is 0 Å². The van der Waals surface area contributed by atoms with Crippen LogP contribution in [0.4, 0.5) is 0 Å². The van der Waals surface area contributed by atoms with E-state index in [0.717, 1.165) is 38.2 Å². The summed E-state index contributed by atoms with van der Waals surface area (Å²) in [6.07, 6.45) is 5.84. The molecular weight excluding hydrogens is 330 g/mol. The first-order valence-electron chi connectivity index (χ1n) is 9.98. The van der Waals surface area contributed by atoms with Crippen LogP contribution in [0.1, 0.15) is 61.1 Å². The zero-order valence-electron chi connectivity index (χ0n) is 15.6. The summed E-state index contributed by atoms with van der Waals surface area (Å²) >= 11 is 0. The number of likely N-dealkylation sites (tertiary alicyclic amines) is 1. The maximum Gasteiger partial charge on any atom is 0.274 e. The predicted molar refractivity (Wildman–Crippen MR) is 97.9 cm³/mol. The highest BCUT2D eigenvalue weighted by atomic mass is 16.2. The molecule has 7 nitrogen and oxygen atoms in total. The Morgan fingerprint density at radius 1 is 1.12 bits per heavy atom. The first kappa shape index (κ1) is 17.5. The highest BCUT2D eigenvalue weighted by Crippen LogP contribution is 2.39. The van der Waals surface area contributed by atoms with Gasteiger partial charge in [-0.3, -0.25) is 19.6 Å². The summed E-state index contributed by atoms with van der Waals surface area (Å²) in [4.78, 5) is 31.3. The Hall–Kier alpha value is -1.89. The minimum Gasteiger partial charge on any atom is -0.339 e. The van der Waals surface area contributed by atoms with Crippen molar-refractivity contribution in [2.45, 2.75) is 51.0 Å². The van der Waals surface area contributed by atoms with Gasteiger partial charge in [0.25, 0.3) is 5.91 Å². The lowest BCUT2D eigenvalue weighted by Crippen LogP contribution is -2.53. The molecule has 142 valence electrons. The normalized spacial score (nSPS) is 24.7. The fourth-order valence-corrected chi connectivity index (χ4v) is 4.07. The number of piperidine rings is 1. The SMILES string of the molecule is C[C@@H]1CCCCN1C(=O)CN1CCN(C(=O)c2cc(C3CC3)[nH]n2)CC1. The molecule has 3 fully saturated rings. The van der Waals surface area contributed by atoms with Crippen molar-refractivity contribution >= 4 is 11.8 Å². The number of carbonyl (C=O) groups is 2. The molecule has 0 unspecified atom stereocenters. The van der Waals surface area contributed by atoms with Gasteiger partial charge < -0.3 is 9.80 Å². The fraction of sp³-hybridized carbons (Fsp3) is 0.737. The molecule has 2 amide bonds. The molecule has 1 N–H and O–H groups in total. The van der Waals surface area contributed by atoms with Crippen LogP contribution in [-0.4, -0.2) is 82.0 Å². The van der Waals surface area contributed by atoms with Crippen molar-refractivity contribution in [2.24, 2.45) is 0 Å². The van der Waals surface area contributed by atoms with E-state index in [1.807, 2.05) is 15.9 Å². The highest BCUT2D eigenvalue weighted by Gasteiger charge is 2.30. The van der Waals surface area contributed by atoms with Crippen LogP contribution in [-0.2, 0) is 4.79 Å². The van der Waals surface area contributed by atoms with E-state index in [1.165, 1.54) is 19.3 Å². The van der Waals surface area contributed by atoms with Crippen LogP contribution in [0.3, 0.4) is 0 Å². The van der Waals surface area contributed by atoms with Crippen LogP contribution >= 0.6 is 0 Å². The summed E-state index contributed by atoms with van der Waals surface area (Å²) in [5.41, 5.74) is 1.62. The van der Waals surface area contributed by atoms with Crippen molar-refractivity contribution in [3.05, 3.63) is 17.5 Å². The first-order valence-corrected chi connectivity index (χ1v) is 9.98. The smallest absolute Gasteiger partial charge is 0.274 e. The monoisotopic (exact) mass is 359 g/mol. The fourth-order valence-electron chi connectivity index (χ4n) is 4.07. The summed E-state index contributed by atoms with van der Waals surface area (Å²) in [6.45, 7) is 6.33. The Bertz CT molecular complexity index is 661. The van der Waals surface area contributed by atoms with Gasteiger partial charge in [-0.15, -0.1) is 0 Å². The quantitative estimate of drug-likeness (QED) is 0.883. The Morgan fingerprint density at radius 2 is 1.88 bits per heavy atom. The van der Waals surface area contributed by atoms with Gasteiger partial charge in [0.05, 0.1) is 6.54 Å². The molecule has 1 aromatic heterocycles. The Morgan fingerprint density at radius 3 is 2.58 bits per heavy atom. The lowest BCUT2D eigenvalue weighted by Gasteiger charge is -2.37. The predicted octanol–water partition coefficient (Wildman–Crippen LogP) is 1.45. The topological polar surface area (TPSA) is 72.5 Å². The number of hydrogen-bond donors (Lipinski definition) is 1. The average molecular weight is 359 g/mol. The number of piperazine rings is 1. The largest absolute Gasteiger partial charge is 0.339 e. The molecule has 0 radical (unpaired) electrons. The van der Waals surface area contributed by atoms with Crippen molar-refractivity contribution in [3.8, 4) is 0 Å². The molecule has 0 spiro atoms. The maximum absolute atomic E-state index is 12.6. The van der Waals surface area contributed by atoms with Crippen LogP contribution in [0.15, 0.2) is 6.07 Å². The summed E-state index contributed by atoms with van der Waals surface area (Å²) in [5.74, 6) is 0.811. The second-order valence-corrected chi connectivity index (χ2v) is 7.98. The number of aromatic amines is 1. The Kier molecular flexibility index (Phi) is 4.98. The number of hydrogen-bond acceptors (Lipinski definition) is 4. The van der Waals surface area contributed by atoms with Crippen molar-refractivity contribution in [1.82, 2.24) is 24.9 Å². The van der Waals surface area contributed by atoms with E-state index < -0.39 is 0 Å². The zero-order chi connectivity index (χ0) is 18.1. The lowest BCUT2D eigenvalue weighted by atomic mass is 10.0. The van der Waals surface area contributed by atoms with Gasteiger partial charge in [-0.2, -0.15) is 5.10 Å². The zero-order valence-corrected chi connectivity index (χ0v) is 15.6. The summed E-state index contributed by atoms with van der Waals surface area (Å²) in [5, 5.41) is 7.20. The van der Waals surface area contributed by atoms with Gasteiger partial charge >= 0.3 is 0 Å². The summed E-state index contributed by atoms with van der Waals surface area (Å²) in [6, 6.07) is 2.27. The minimum atomic E-state index is 0.00350.